The van der Waals surface area contributed by atoms with E-state index in [0.29, 0.717) is 11.4 Å². The van der Waals surface area contributed by atoms with Gasteiger partial charge in [0, 0.05) is 12.6 Å². The summed E-state index contributed by atoms with van der Waals surface area (Å²) in [6.07, 6.45) is 0. The van der Waals surface area contributed by atoms with E-state index >= 15 is 0 Å². The standard InChI is InChI=1S/C20H18N4O3.ClH/c1-12(25)27-18-11-14-5-3-2-4-13(14)10-17(18)19(26)24-20(22)23-16-8-6-15(21)7-9-16;/h2-11H,21H2,1H3,(H3,22,23,24,26);1H. The number of aliphatic imine (C=N–C) groups is 1. The number of ether oxygens (including phenoxy) is 1. The number of hydrogen-bond donors (Lipinski definition) is 3. The van der Waals surface area contributed by atoms with Crippen LogP contribution in [0.3, 0.4) is 0 Å². The summed E-state index contributed by atoms with van der Waals surface area (Å²) >= 11 is 0. The second-order valence-electron chi connectivity index (χ2n) is 5.83. The minimum Gasteiger partial charge on any atom is -0.426 e. The van der Waals surface area contributed by atoms with Gasteiger partial charge in [-0.15, -0.1) is 12.4 Å². The molecule has 0 saturated heterocycles. The summed E-state index contributed by atoms with van der Waals surface area (Å²) in [5.41, 5.74) is 12.8. The fraction of sp³-hybridized carbons (Fsp3) is 0.0500. The monoisotopic (exact) mass is 398 g/mol. The van der Waals surface area contributed by atoms with Gasteiger partial charge >= 0.3 is 5.97 Å². The van der Waals surface area contributed by atoms with Crippen LogP contribution in [0, 0.1) is 0 Å². The van der Waals surface area contributed by atoms with Gasteiger partial charge in [0.1, 0.15) is 5.75 Å². The Morgan fingerprint density at radius 3 is 2.21 bits per heavy atom. The first-order valence-corrected chi connectivity index (χ1v) is 8.14. The fourth-order valence-corrected chi connectivity index (χ4v) is 2.54. The van der Waals surface area contributed by atoms with Crippen molar-refractivity contribution < 1.29 is 14.3 Å². The van der Waals surface area contributed by atoms with E-state index < -0.39 is 11.9 Å². The maximum Gasteiger partial charge on any atom is 0.308 e. The van der Waals surface area contributed by atoms with E-state index in [-0.39, 0.29) is 29.7 Å². The Bertz CT molecular complexity index is 1050. The lowest BCUT2D eigenvalue weighted by Crippen LogP contribution is -2.36. The lowest BCUT2D eigenvalue weighted by atomic mass is 10.1. The molecule has 0 unspecified atom stereocenters. The van der Waals surface area contributed by atoms with Gasteiger partial charge in [0.15, 0.2) is 0 Å². The number of hydrogen-bond acceptors (Lipinski definition) is 5. The zero-order valence-electron chi connectivity index (χ0n) is 15.0. The summed E-state index contributed by atoms with van der Waals surface area (Å²) in [7, 11) is 0. The molecular weight excluding hydrogens is 380 g/mol. The molecule has 0 aliphatic heterocycles. The summed E-state index contributed by atoms with van der Waals surface area (Å²) in [5, 5.41) is 4.17. The van der Waals surface area contributed by atoms with Crippen molar-refractivity contribution in [2.75, 3.05) is 5.73 Å². The van der Waals surface area contributed by atoms with E-state index in [0.717, 1.165) is 10.8 Å². The number of halogens is 1. The zero-order chi connectivity index (χ0) is 19.4. The number of nitrogens with one attached hydrogen (secondary N) is 1. The van der Waals surface area contributed by atoms with Crippen LogP contribution in [0.4, 0.5) is 11.4 Å². The second-order valence-corrected chi connectivity index (χ2v) is 5.83. The highest BCUT2D eigenvalue weighted by molar-refractivity contribution is 6.09. The topological polar surface area (TPSA) is 120 Å². The Morgan fingerprint density at radius 2 is 1.61 bits per heavy atom. The van der Waals surface area contributed by atoms with Crippen molar-refractivity contribution in [1.82, 2.24) is 5.32 Å². The highest BCUT2D eigenvalue weighted by Crippen LogP contribution is 2.26. The van der Waals surface area contributed by atoms with Crippen LogP contribution in [-0.4, -0.2) is 17.8 Å². The van der Waals surface area contributed by atoms with Crippen LogP contribution in [0.5, 0.6) is 5.75 Å². The number of fused-ring (bicyclic) bond motifs is 1. The van der Waals surface area contributed by atoms with Crippen molar-refractivity contribution in [2.45, 2.75) is 6.92 Å². The minimum atomic E-state index is -0.534. The number of benzene rings is 3. The van der Waals surface area contributed by atoms with Crippen molar-refractivity contribution >= 4 is 52.4 Å². The van der Waals surface area contributed by atoms with E-state index in [9.17, 15) is 9.59 Å². The number of carbonyl (C=O) groups is 2. The number of guanidine groups is 1. The van der Waals surface area contributed by atoms with Crippen LogP contribution < -0.4 is 21.5 Å². The number of anilines is 1. The zero-order valence-corrected chi connectivity index (χ0v) is 15.8. The van der Waals surface area contributed by atoms with E-state index in [1.54, 1.807) is 36.4 Å². The second kappa shape index (κ2) is 8.88. The number of nitrogen functional groups attached to an aromatic ring is 1. The van der Waals surface area contributed by atoms with Gasteiger partial charge in [0.25, 0.3) is 5.91 Å². The Morgan fingerprint density at radius 1 is 1.00 bits per heavy atom. The summed E-state index contributed by atoms with van der Waals surface area (Å²) in [6.45, 7) is 1.27. The average Bonchev–Trinajstić information content (AvgIpc) is 2.62. The molecule has 0 heterocycles. The molecular formula is C20H19ClN4O3. The van der Waals surface area contributed by atoms with Crippen LogP contribution in [-0.2, 0) is 4.79 Å². The molecule has 7 nitrogen and oxygen atoms in total. The minimum absolute atomic E-state index is 0. The molecule has 3 aromatic rings. The molecule has 8 heteroatoms. The molecule has 0 bridgehead atoms. The molecule has 0 aliphatic rings. The van der Waals surface area contributed by atoms with E-state index in [1.165, 1.54) is 6.92 Å². The Hall–Kier alpha value is -3.58. The van der Waals surface area contributed by atoms with E-state index in [1.807, 2.05) is 24.3 Å². The maximum atomic E-state index is 12.7. The third-order valence-corrected chi connectivity index (χ3v) is 3.73. The SMILES string of the molecule is CC(=O)Oc1cc2ccccc2cc1C(=O)NC(N)=Nc1ccc(N)cc1.Cl. The third kappa shape index (κ3) is 4.99. The largest absolute Gasteiger partial charge is 0.426 e. The van der Waals surface area contributed by atoms with Crippen LogP contribution >= 0.6 is 12.4 Å². The van der Waals surface area contributed by atoms with Gasteiger partial charge < -0.3 is 16.2 Å². The summed E-state index contributed by atoms with van der Waals surface area (Å²) in [6, 6.07) is 17.4. The molecule has 0 atom stereocenters. The van der Waals surface area contributed by atoms with Crippen LogP contribution in [0.15, 0.2) is 65.7 Å². The summed E-state index contributed by atoms with van der Waals surface area (Å²) < 4.78 is 5.19. The first kappa shape index (κ1) is 20.7. The predicted octanol–water partition coefficient (Wildman–Crippen LogP) is 3.15. The number of esters is 1. The van der Waals surface area contributed by atoms with Crippen molar-refractivity contribution in [3.63, 3.8) is 0 Å². The van der Waals surface area contributed by atoms with Gasteiger partial charge in [0.2, 0.25) is 5.96 Å². The van der Waals surface area contributed by atoms with Gasteiger partial charge in [0.05, 0.1) is 11.3 Å². The molecule has 0 saturated carbocycles. The molecule has 28 heavy (non-hydrogen) atoms. The molecule has 0 aromatic heterocycles. The van der Waals surface area contributed by atoms with Crippen LogP contribution in [0.1, 0.15) is 17.3 Å². The molecule has 3 rings (SSSR count). The van der Waals surface area contributed by atoms with Gasteiger partial charge in [-0.3, -0.25) is 14.9 Å². The van der Waals surface area contributed by atoms with E-state index in [2.05, 4.69) is 10.3 Å². The van der Waals surface area contributed by atoms with Gasteiger partial charge in [-0.05, 0) is 47.2 Å². The van der Waals surface area contributed by atoms with Crippen molar-refractivity contribution in [1.29, 1.82) is 0 Å². The number of amides is 1. The Balaban J connectivity index is 0.00000280. The highest BCUT2D eigenvalue weighted by Gasteiger charge is 2.16. The first-order chi connectivity index (χ1) is 12.9. The van der Waals surface area contributed by atoms with Gasteiger partial charge in [-0.25, -0.2) is 4.99 Å². The molecule has 3 aromatic carbocycles. The van der Waals surface area contributed by atoms with Crippen molar-refractivity contribution in [2.24, 2.45) is 10.7 Å². The molecule has 0 fully saturated rings. The van der Waals surface area contributed by atoms with E-state index in [4.69, 9.17) is 16.2 Å². The van der Waals surface area contributed by atoms with Crippen molar-refractivity contribution in [3.8, 4) is 5.75 Å². The number of nitrogens with two attached hydrogens (primary N) is 2. The van der Waals surface area contributed by atoms with Crippen LogP contribution in [0.25, 0.3) is 10.8 Å². The number of rotatable bonds is 3. The summed E-state index contributed by atoms with van der Waals surface area (Å²) in [4.78, 5) is 28.2. The van der Waals surface area contributed by atoms with Gasteiger partial charge in [-0.1, -0.05) is 24.3 Å². The smallest absolute Gasteiger partial charge is 0.308 e. The number of carbonyl (C=O) groups excluding carboxylic acids is 2. The molecule has 1 amide bonds. The third-order valence-electron chi connectivity index (χ3n) is 3.73. The average molecular weight is 399 g/mol. The molecule has 144 valence electrons. The highest BCUT2D eigenvalue weighted by atomic mass is 35.5. The van der Waals surface area contributed by atoms with Crippen LogP contribution in [0.2, 0.25) is 0 Å². The predicted molar refractivity (Wildman–Crippen MR) is 112 cm³/mol. The fourth-order valence-electron chi connectivity index (χ4n) is 2.54. The molecule has 0 aliphatic carbocycles. The summed E-state index contributed by atoms with van der Waals surface area (Å²) in [5.74, 6) is -0.998. The normalized spacial score (nSPS) is 10.8. The first-order valence-electron chi connectivity index (χ1n) is 8.14. The number of nitrogens with zero attached hydrogens (tertiary/aromatic N) is 1. The quantitative estimate of drug-likeness (QED) is 0.206. The molecule has 0 spiro atoms. The molecule has 0 radical (unpaired) electrons. The Kier molecular flexibility index (Phi) is 6.57. The molecule has 5 N–H and O–H groups in total. The lowest BCUT2D eigenvalue weighted by Gasteiger charge is -2.11. The Labute approximate surface area is 167 Å². The maximum absolute atomic E-state index is 12.7. The lowest BCUT2D eigenvalue weighted by molar-refractivity contribution is -0.131. The van der Waals surface area contributed by atoms with Crippen molar-refractivity contribution in [3.05, 3.63) is 66.2 Å². The van der Waals surface area contributed by atoms with Gasteiger partial charge in [-0.2, -0.15) is 0 Å².